The van der Waals surface area contributed by atoms with Crippen molar-refractivity contribution in [1.82, 2.24) is 0 Å². The third-order valence-corrected chi connectivity index (χ3v) is 9.37. The van der Waals surface area contributed by atoms with Crippen LogP contribution in [0.4, 0.5) is 17.1 Å². The quantitative estimate of drug-likeness (QED) is 0.136. The minimum absolute atomic E-state index is 0.231. The van der Waals surface area contributed by atoms with E-state index >= 15 is 0 Å². The summed E-state index contributed by atoms with van der Waals surface area (Å²) in [6, 6.07) is 47.1. The van der Waals surface area contributed by atoms with E-state index < -0.39 is 5.97 Å². The molecule has 4 heteroatoms. The smallest absolute Gasteiger partial charge is 0.333 e. The standard InChI is InChI=1S/C45H36N2O2/c1-46-44(45(48)49)31-34-13-17-39-16-12-33(29-40(39)30-34)28-32-14-22-41(23-15-32)47(42-24-18-37(19-25-42)35-8-4-2-5-9-35)43-26-20-38(21-27-43)36-10-6-3-7-11-36/h2-11,14-15,18-31,39H,12-13,16-17H2,(H,48,49). The summed E-state index contributed by atoms with van der Waals surface area (Å²) in [5.74, 6) is -0.695. The van der Waals surface area contributed by atoms with Crippen LogP contribution < -0.4 is 4.90 Å². The maximum absolute atomic E-state index is 11.4. The number of hydrogen-bond donors (Lipinski definition) is 1. The molecule has 1 N–H and O–H groups in total. The second-order valence-corrected chi connectivity index (χ2v) is 12.6. The minimum atomic E-state index is -1.17. The number of carboxylic acids is 1. The molecule has 5 aromatic carbocycles. The predicted octanol–water partition coefficient (Wildman–Crippen LogP) is 11.8. The maximum atomic E-state index is 11.4. The molecule has 0 saturated heterocycles. The van der Waals surface area contributed by atoms with Gasteiger partial charge in [-0.05, 0) is 113 Å². The second kappa shape index (κ2) is 14.3. The summed E-state index contributed by atoms with van der Waals surface area (Å²) in [6.07, 6.45) is 12.0. The zero-order chi connectivity index (χ0) is 33.6. The Labute approximate surface area is 288 Å². The predicted molar refractivity (Wildman–Crippen MR) is 200 cm³/mol. The second-order valence-electron chi connectivity index (χ2n) is 12.6. The fraction of sp³-hybridized carbons (Fsp3) is 0.111. The van der Waals surface area contributed by atoms with Gasteiger partial charge in [0, 0.05) is 17.1 Å². The van der Waals surface area contributed by atoms with Crippen LogP contribution in [0.25, 0.3) is 33.2 Å². The lowest BCUT2D eigenvalue weighted by molar-refractivity contribution is -0.132. The fourth-order valence-corrected chi connectivity index (χ4v) is 6.80. The van der Waals surface area contributed by atoms with Gasteiger partial charge in [0.05, 0.1) is 6.57 Å². The number of carbonyl (C=O) groups is 1. The van der Waals surface area contributed by atoms with Crippen LogP contribution in [0.3, 0.4) is 0 Å². The van der Waals surface area contributed by atoms with E-state index in [9.17, 15) is 9.90 Å². The average Bonchev–Trinajstić information content (AvgIpc) is 3.15. The Balaban J connectivity index is 1.18. The molecule has 0 bridgehead atoms. The van der Waals surface area contributed by atoms with Crippen LogP contribution in [0.1, 0.15) is 31.2 Å². The molecule has 2 aliphatic carbocycles. The van der Waals surface area contributed by atoms with Crippen molar-refractivity contribution in [2.45, 2.75) is 25.7 Å². The van der Waals surface area contributed by atoms with Gasteiger partial charge in [-0.1, -0.05) is 121 Å². The molecule has 0 aliphatic heterocycles. The molecule has 1 atom stereocenters. The first kappa shape index (κ1) is 31.4. The Hall–Kier alpha value is -6.18. The van der Waals surface area contributed by atoms with Gasteiger partial charge in [-0.15, -0.1) is 0 Å². The lowest BCUT2D eigenvalue weighted by Gasteiger charge is -2.28. The van der Waals surface area contributed by atoms with Crippen LogP contribution in [0.2, 0.25) is 0 Å². The molecular weight excluding hydrogens is 601 g/mol. The largest absolute Gasteiger partial charge is 0.486 e. The molecule has 49 heavy (non-hydrogen) atoms. The van der Waals surface area contributed by atoms with E-state index in [2.05, 4.69) is 149 Å². The Morgan fingerprint density at radius 2 is 1.14 bits per heavy atom. The number of anilines is 3. The number of fused-ring (bicyclic) bond motifs is 1. The number of rotatable bonds is 8. The summed E-state index contributed by atoms with van der Waals surface area (Å²) in [6.45, 7) is 7.19. The molecule has 4 nitrogen and oxygen atoms in total. The molecule has 0 fully saturated rings. The van der Waals surface area contributed by atoms with Crippen LogP contribution in [0.5, 0.6) is 0 Å². The first-order valence-corrected chi connectivity index (χ1v) is 16.7. The molecular formula is C45H36N2O2. The van der Waals surface area contributed by atoms with Crippen molar-refractivity contribution in [1.29, 1.82) is 0 Å². The van der Waals surface area contributed by atoms with Crippen molar-refractivity contribution in [2.75, 3.05) is 4.90 Å². The summed E-state index contributed by atoms with van der Waals surface area (Å²) in [4.78, 5) is 16.8. The molecule has 2 aliphatic rings. The van der Waals surface area contributed by atoms with E-state index in [-0.39, 0.29) is 5.70 Å². The highest BCUT2D eigenvalue weighted by atomic mass is 16.4. The average molecular weight is 637 g/mol. The zero-order valence-corrected chi connectivity index (χ0v) is 27.2. The number of aliphatic carboxylic acids is 1. The summed E-state index contributed by atoms with van der Waals surface area (Å²) >= 11 is 0. The van der Waals surface area contributed by atoms with Gasteiger partial charge in [0.15, 0.2) is 0 Å². The van der Waals surface area contributed by atoms with E-state index in [1.807, 2.05) is 12.1 Å². The summed E-state index contributed by atoms with van der Waals surface area (Å²) in [7, 11) is 0. The fourth-order valence-electron chi connectivity index (χ4n) is 6.80. The molecule has 0 aromatic heterocycles. The van der Waals surface area contributed by atoms with Crippen LogP contribution in [-0.4, -0.2) is 11.1 Å². The van der Waals surface area contributed by atoms with Crippen LogP contribution >= 0.6 is 0 Å². The number of carboxylic acid groups (broad SMARTS) is 1. The number of nitrogens with zero attached hydrogens (tertiary/aromatic N) is 2. The summed E-state index contributed by atoms with van der Waals surface area (Å²) < 4.78 is 0. The number of allylic oxidation sites excluding steroid dienone is 6. The van der Waals surface area contributed by atoms with Crippen molar-refractivity contribution in [3.63, 3.8) is 0 Å². The van der Waals surface area contributed by atoms with Gasteiger partial charge >= 0.3 is 5.97 Å². The molecule has 7 rings (SSSR count). The van der Waals surface area contributed by atoms with Gasteiger partial charge in [0.25, 0.3) is 5.70 Å². The SMILES string of the molecule is [C-]#[N+]C(=CC1=CC2=CC(=Cc3ccc(N(c4ccc(-c5ccccc5)cc4)c4ccc(-c5ccccc5)cc4)cc3)CCC2CC1)C(=O)O. The lowest BCUT2D eigenvalue weighted by atomic mass is 9.77. The molecule has 5 aromatic rings. The normalized spacial score (nSPS) is 16.6. The maximum Gasteiger partial charge on any atom is 0.333 e. The zero-order valence-electron chi connectivity index (χ0n) is 27.2. The van der Waals surface area contributed by atoms with E-state index in [1.54, 1.807) is 0 Å². The molecule has 0 amide bonds. The molecule has 238 valence electrons. The van der Waals surface area contributed by atoms with Crippen molar-refractivity contribution in [3.8, 4) is 22.3 Å². The monoisotopic (exact) mass is 636 g/mol. The number of benzene rings is 5. The Kier molecular flexibility index (Phi) is 9.17. The third-order valence-electron chi connectivity index (χ3n) is 9.37. The first-order chi connectivity index (χ1) is 24.0. The Morgan fingerprint density at radius 3 is 1.65 bits per heavy atom. The van der Waals surface area contributed by atoms with Crippen molar-refractivity contribution < 1.29 is 9.90 Å². The highest BCUT2D eigenvalue weighted by Gasteiger charge is 2.23. The van der Waals surface area contributed by atoms with Crippen molar-refractivity contribution in [3.05, 3.63) is 191 Å². The van der Waals surface area contributed by atoms with Gasteiger partial charge in [0.1, 0.15) is 0 Å². The van der Waals surface area contributed by atoms with E-state index in [0.717, 1.165) is 53.9 Å². The summed E-state index contributed by atoms with van der Waals surface area (Å²) in [5, 5.41) is 9.30. The van der Waals surface area contributed by atoms with E-state index in [0.29, 0.717) is 5.92 Å². The highest BCUT2D eigenvalue weighted by molar-refractivity contribution is 5.89. The molecule has 0 radical (unpaired) electrons. The molecule has 1 unspecified atom stereocenters. The molecule has 0 saturated carbocycles. The summed E-state index contributed by atoms with van der Waals surface area (Å²) in [5.41, 5.74) is 12.3. The highest BCUT2D eigenvalue weighted by Crippen LogP contribution is 2.40. The van der Waals surface area contributed by atoms with Crippen molar-refractivity contribution in [2.24, 2.45) is 5.92 Å². The Morgan fingerprint density at radius 1 is 0.653 bits per heavy atom. The van der Waals surface area contributed by atoms with Gasteiger partial charge in [-0.25, -0.2) is 4.85 Å². The van der Waals surface area contributed by atoms with Crippen LogP contribution in [0, 0.1) is 12.5 Å². The Bertz CT molecular complexity index is 2030. The van der Waals surface area contributed by atoms with Crippen LogP contribution in [0.15, 0.2) is 174 Å². The topological polar surface area (TPSA) is 44.9 Å². The van der Waals surface area contributed by atoms with Crippen molar-refractivity contribution >= 4 is 29.1 Å². The van der Waals surface area contributed by atoms with Gasteiger partial charge in [0.2, 0.25) is 0 Å². The molecule has 0 spiro atoms. The first-order valence-electron chi connectivity index (χ1n) is 16.7. The van der Waals surface area contributed by atoms with E-state index in [4.69, 9.17) is 6.57 Å². The van der Waals surface area contributed by atoms with Gasteiger partial charge < -0.3 is 10.0 Å². The number of hydrogen-bond acceptors (Lipinski definition) is 2. The van der Waals surface area contributed by atoms with E-state index in [1.165, 1.54) is 39.5 Å². The third kappa shape index (κ3) is 7.22. The van der Waals surface area contributed by atoms with Gasteiger partial charge in [-0.2, -0.15) is 0 Å². The van der Waals surface area contributed by atoms with Gasteiger partial charge in [-0.3, -0.25) is 4.79 Å². The lowest BCUT2D eigenvalue weighted by Crippen LogP contribution is -2.13. The minimum Gasteiger partial charge on any atom is -0.486 e. The molecule has 0 heterocycles. The van der Waals surface area contributed by atoms with Crippen LogP contribution in [-0.2, 0) is 4.79 Å².